The molecule has 3 N–H and O–H groups in total. The summed E-state index contributed by atoms with van der Waals surface area (Å²) in [7, 11) is -4.02. The molecule has 182 valence electrons. The Hall–Kier alpha value is -2.35. The standard InChI is InChI=1S/C20H21Cl2N5O5S2/c1-11(2)16(15-9-12(21)10-32-15)24-20-19(25-33(29)26-20)23-14-6-5-13(22)18(17(14)28)34(30,31)27-7-3-4-8-27/h5-6,9-10,16,28H,1,3-4,7-8H2,2H3,(H,23,25)(H,24,26)/t16-,33?/m1/s1. The fourth-order valence-electron chi connectivity index (χ4n) is 3.57. The summed E-state index contributed by atoms with van der Waals surface area (Å²) in [6.45, 7) is 6.38. The van der Waals surface area contributed by atoms with Crippen LogP contribution in [0.1, 0.15) is 31.6 Å². The maximum atomic E-state index is 13.1. The van der Waals surface area contributed by atoms with Crippen LogP contribution >= 0.6 is 34.3 Å². The number of nitrogens with one attached hydrogen (secondary N) is 2. The van der Waals surface area contributed by atoms with Crippen molar-refractivity contribution < 1.29 is 22.5 Å². The Morgan fingerprint density at radius 3 is 2.59 bits per heavy atom. The van der Waals surface area contributed by atoms with E-state index in [1.165, 1.54) is 22.7 Å². The molecule has 34 heavy (non-hydrogen) atoms. The van der Waals surface area contributed by atoms with Crippen LogP contribution in [-0.2, 0) is 10.0 Å². The number of hydrogen-bond acceptors (Lipinski definition) is 9. The van der Waals surface area contributed by atoms with Gasteiger partial charge in [0.05, 0.1) is 15.7 Å². The minimum absolute atomic E-state index is 0.00207. The van der Waals surface area contributed by atoms with Crippen LogP contribution in [0.2, 0.25) is 10.0 Å². The molecule has 1 saturated heterocycles. The first-order chi connectivity index (χ1) is 16.1. The first-order valence-corrected chi connectivity index (χ1v) is 13.4. The second kappa shape index (κ2) is 9.72. The molecule has 2 atom stereocenters. The van der Waals surface area contributed by atoms with E-state index in [1.807, 2.05) is 0 Å². The van der Waals surface area contributed by atoms with Gasteiger partial charge in [0, 0.05) is 27.9 Å². The lowest BCUT2D eigenvalue weighted by molar-refractivity contribution is 0.445. The number of furan rings is 1. The molecule has 0 spiro atoms. The average molecular weight is 546 g/mol. The minimum atomic E-state index is -4.02. The van der Waals surface area contributed by atoms with Crippen LogP contribution in [0.15, 0.2) is 45.9 Å². The topological polar surface area (TPSA) is 144 Å². The van der Waals surface area contributed by atoms with Crippen molar-refractivity contribution in [1.82, 2.24) is 13.1 Å². The number of anilines is 3. The van der Waals surface area contributed by atoms with Gasteiger partial charge in [-0.3, -0.25) is 0 Å². The van der Waals surface area contributed by atoms with Gasteiger partial charge in [-0.15, -0.1) is 0 Å². The highest BCUT2D eigenvalue weighted by Gasteiger charge is 2.33. The monoisotopic (exact) mass is 545 g/mol. The van der Waals surface area contributed by atoms with Gasteiger partial charge in [-0.05, 0) is 31.9 Å². The smallest absolute Gasteiger partial charge is 0.248 e. The van der Waals surface area contributed by atoms with Gasteiger partial charge in [0.15, 0.2) is 16.9 Å². The first-order valence-electron chi connectivity index (χ1n) is 10.1. The predicted octanol–water partition coefficient (Wildman–Crippen LogP) is 5.07. The van der Waals surface area contributed by atoms with Gasteiger partial charge in [0.25, 0.3) is 0 Å². The van der Waals surface area contributed by atoms with Crippen molar-refractivity contribution >= 4 is 61.7 Å². The molecule has 0 radical (unpaired) electrons. The molecule has 1 aliphatic rings. The van der Waals surface area contributed by atoms with Crippen LogP contribution in [-0.4, -0.2) is 44.2 Å². The van der Waals surface area contributed by atoms with Crippen molar-refractivity contribution in [1.29, 1.82) is 0 Å². The summed E-state index contributed by atoms with van der Waals surface area (Å²) in [6.07, 6.45) is 2.83. The van der Waals surface area contributed by atoms with E-state index >= 15 is 0 Å². The molecule has 1 aromatic carbocycles. The Balaban J connectivity index is 1.67. The van der Waals surface area contributed by atoms with Crippen molar-refractivity contribution in [2.75, 3.05) is 23.7 Å². The number of aromatic nitrogens is 2. The lowest BCUT2D eigenvalue weighted by atomic mass is 10.1. The molecule has 3 aromatic rings. The highest BCUT2D eigenvalue weighted by atomic mass is 35.5. The van der Waals surface area contributed by atoms with Crippen molar-refractivity contribution in [2.24, 2.45) is 0 Å². The molecule has 2 aromatic heterocycles. The zero-order chi connectivity index (χ0) is 24.6. The number of halogens is 2. The Morgan fingerprint density at radius 1 is 1.29 bits per heavy atom. The quantitative estimate of drug-likeness (QED) is 0.200. The molecule has 1 aliphatic heterocycles. The van der Waals surface area contributed by atoms with Crippen LogP contribution in [0.4, 0.5) is 17.3 Å². The zero-order valence-electron chi connectivity index (χ0n) is 17.9. The molecule has 0 aliphatic carbocycles. The normalized spacial score (nSPS) is 15.9. The first kappa shape index (κ1) is 24.8. The van der Waals surface area contributed by atoms with Gasteiger partial charge < -0.3 is 24.7 Å². The molecule has 1 unspecified atom stereocenters. The van der Waals surface area contributed by atoms with E-state index in [0.29, 0.717) is 29.4 Å². The lowest BCUT2D eigenvalue weighted by Crippen LogP contribution is -2.28. The Labute approximate surface area is 209 Å². The highest BCUT2D eigenvalue weighted by Crippen LogP contribution is 2.41. The summed E-state index contributed by atoms with van der Waals surface area (Å²) >= 11 is 10.2. The summed E-state index contributed by atoms with van der Waals surface area (Å²) in [6, 6.07) is 3.78. The van der Waals surface area contributed by atoms with E-state index in [1.54, 1.807) is 13.0 Å². The van der Waals surface area contributed by atoms with Crippen molar-refractivity contribution in [3.63, 3.8) is 0 Å². The summed E-state index contributed by atoms with van der Waals surface area (Å²) in [5, 5.41) is 17.0. The number of aromatic hydroxyl groups is 1. The SMILES string of the molecule is C=C(C)[C@@H](Nc1n[s+]([O-])nc1Nc1ccc(Cl)c(S(=O)(=O)N2CCCC2)c1O)c1cc(Cl)co1. The van der Waals surface area contributed by atoms with E-state index < -0.39 is 37.9 Å². The van der Waals surface area contributed by atoms with Crippen LogP contribution in [0.3, 0.4) is 0 Å². The molecule has 0 bridgehead atoms. The van der Waals surface area contributed by atoms with Crippen molar-refractivity contribution in [3.05, 3.63) is 52.4 Å². The molecule has 4 rings (SSSR count). The Kier molecular flexibility index (Phi) is 7.08. The van der Waals surface area contributed by atoms with Crippen molar-refractivity contribution in [3.8, 4) is 5.75 Å². The second-order valence-electron chi connectivity index (χ2n) is 7.71. The van der Waals surface area contributed by atoms with Gasteiger partial charge in [-0.25, -0.2) is 8.42 Å². The summed E-state index contributed by atoms with van der Waals surface area (Å²) < 4.78 is 52.8. The fourth-order valence-corrected chi connectivity index (χ4v) is 6.46. The van der Waals surface area contributed by atoms with E-state index in [0.717, 1.165) is 12.8 Å². The minimum Gasteiger partial charge on any atom is -0.546 e. The third-order valence-electron chi connectivity index (χ3n) is 5.21. The predicted molar refractivity (Wildman–Crippen MR) is 130 cm³/mol. The number of phenolic OH excluding ortho intramolecular Hbond substituents is 1. The average Bonchev–Trinajstić information content (AvgIpc) is 3.50. The second-order valence-corrected chi connectivity index (χ2v) is 11.3. The Morgan fingerprint density at radius 2 is 1.97 bits per heavy atom. The molecular weight excluding hydrogens is 525 g/mol. The molecule has 14 heteroatoms. The van der Waals surface area contributed by atoms with Gasteiger partial charge in [0.1, 0.15) is 23.0 Å². The van der Waals surface area contributed by atoms with Crippen LogP contribution < -0.4 is 10.6 Å². The van der Waals surface area contributed by atoms with Crippen LogP contribution in [0.25, 0.3) is 0 Å². The fraction of sp³-hybridized carbons (Fsp3) is 0.300. The lowest BCUT2D eigenvalue weighted by Gasteiger charge is -2.19. The number of hydrogen-bond donors (Lipinski definition) is 3. The number of rotatable bonds is 8. The van der Waals surface area contributed by atoms with Gasteiger partial charge in [-0.1, -0.05) is 35.4 Å². The third kappa shape index (κ3) is 4.88. The highest BCUT2D eigenvalue weighted by molar-refractivity contribution is 7.89. The van der Waals surface area contributed by atoms with E-state index in [9.17, 15) is 18.1 Å². The van der Waals surface area contributed by atoms with E-state index in [2.05, 4.69) is 26.0 Å². The zero-order valence-corrected chi connectivity index (χ0v) is 21.1. The summed E-state index contributed by atoms with van der Waals surface area (Å²) in [5.74, 6) is -0.0134. The number of benzene rings is 1. The maximum Gasteiger partial charge on any atom is 0.248 e. The molecule has 1 fully saturated rings. The largest absolute Gasteiger partial charge is 0.546 e. The van der Waals surface area contributed by atoms with Crippen LogP contribution in [0, 0.1) is 0 Å². The van der Waals surface area contributed by atoms with Crippen molar-refractivity contribution in [2.45, 2.75) is 30.7 Å². The van der Waals surface area contributed by atoms with E-state index in [-0.39, 0.29) is 22.3 Å². The molecular formula is C20H21Cl2N5O5S2. The van der Waals surface area contributed by atoms with E-state index in [4.69, 9.17) is 27.6 Å². The Bertz CT molecular complexity index is 1340. The molecule has 0 saturated carbocycles. The molecule has 10 nitrogen and oxygen atoms in total. The van der Waals surface area contributed by atoms with Gasteiger partial charge in [-0.2, -0.15) is 4.31 Å². The third-order valence-corrected chi connectivity index (χ3v) is 8.49. The van der Waals surface area contributed by atoms with Crippen LogP contribution in [0.5, 0.6) is 5.75 Å². The maximum absolute atomic E-state index is 13.1. The number of sulfonamides is 1. The van der Waals surface area contributed by atoms with Gasteiger partial charge in [0.2, 0.25) is 21.7 Å². The molecule has 0 amide bonds. The summed E-state index contributed by atoms with van der Waals surface area (Å²) in [4.78, 5) is -0.405. The number of nitrogens with zero attached hydrogens (tertiary/aromatic N) is 3. The van der Waals surface area contributed by atoms with Gasteiger partial charge >= 0.3 is 0 Å². The molecule has 3 heterocycles. The summed E-state index contributed by atoms with van der Waals surface area (Å²) in [5.41, 5.74) is 0.654. The number of phenols is 1.